The van der Waals surface area contributed by atoms with Crippen LogP contribution in [0.1, 0.15) is 43.8 Å². The van der Waals surface area contributed by atoms with Crippen molar-refractivity contribution < 1.29 is 18.8 Å². The number of ether oxygens (including phenoxy) is 1. The molecular weight excluding hydrogens is 338 g/mol. The highest BCUT2D eigenvalue weighted by Crippen LogP contribution is 2.38. The van der Waals surface area contributed by atoms with Crippen molar-refractivity contribution in [2.45, 2.75) is 44.6 Å². The Hall–Kier alpha value is -2.16. The van der Waals surface area contributed by atoms with Crippen molar-refractivity contribution in [2.24, 2.45) is 0 Å². The van der Waals surface area contributed by atoms with Gasteiger partial charge in [0.25, 0.3) is 0 Å². The lowest BCUT2D eigenvalue weighted by Crippen LogP contribution is -2.45. The van der Waals surface area contributed by atoms with Gasteiger partial charge in [0.1, 0.15) is 0 Å². The van der Waals surface area contributed by atoms with Gasteiger partial charge in [-0.25, -0.2) is 4.79 Å². The molecule has 2 heterocycles. The normalized spacial score (nSPS) is 19.6. The molecule has 1 aromatic heterocycles. The first-order valence-electron chi connectivity index (χ1n) is 9.20. The summed E-state index contributed by atoms with van der Waals surface area (Å²) in [6, 6.07) is -0.0872. The van der Waals surface area contributed by atoms with Crippen molar-refractivity contribution in [2.75, 3.05) is 39.9 Å². The number of aromatic nitrogens is 2. The average molecular weight is 365 g/mol. The van der Waals surface area contributed by atoms with E-state index in [1.54, 1.807) is 18.9 Å². The Kier molecular flexibility index (Phi) is 6.08. The summed E-state index contributed by atoms with van der Waals surface area (Å²) in [5, 5.41) is 6.83. The van der Waals surface area contributed by atoms with Crippen molar-refractivity contribution in [1.82, 2.24) is 25.3 Å². The summed E-state index contributed by atoms with van der Waals surface area (Å²) in [6.07, 6.45) is 3.57. The van der Waals surface area contributed by atoms with Crippen molar-refractivity contribution in [3.05, 3.63) is 11.7 Å². The van der Waals surface area contributed by atoms with Gasteiger partial charge in [-0.05, 0) is 19.3 Å². The zero-order chi connectivity index (χ0) is 18.5. The highest BCUT2D eigenvalue weighted by molar-refractivity contribution is 5.76. The molecule has 26 heavy (non-hydrogen) atoms. The molecule has 1 aliphatic carbocycles. The third kappa shape index (κ3) is 4.72. The van der Waals surface area contributed by atoms with Crippen LogP contribution in [0.4, 0.5) is 4.79 Å². The maximum atomic E-state index is 12.1. The van der Waals surface area contributed by atoms with E-state index in [4.69, 9.17) is 9.26 Å². The van der Waals surface area contributed by atoms with Crippen LogP contribution in [0.2, 0.25) is 0 Å². The first-order chi connectivity index (χ1) is 12.6. The molecule has 2 aliphatic rings. The average Bonchev–Trinajstić information content (AvgIpc) is 3.16. The quantitative estimate of drug-likeness (QED) is 0.683. The largest absolute Gasteiger partial charge is 0.383 e. The summed E-state index contributed by atoms with van der Waals surface area (Å²) >= 11 is 0. The number of rotatable bonds is 8. The minimum Gasteiger partial charge on any atom is -0.383 e. The summed E-state index contributed by atoms with van der Waals surface area (Å²) < 4.78 is 10.2. The minimum absolute atomic E-state index is 0.00236. The molecule has 3 amide bonds. The third-order valence-corrected chi connectivity index (χ3v) is 4.86. The SMILES string of the molecule is COCCNC(=O)N1CCC(N(CCc2noc(C3CC3)n2)C(C)=O)C1. The van der Waals surface area contributed by atoms with Gasteiger partial charge in [0.15, 0.2) is 5.82 Å². The number of carbonyl (C=O) groups is 2. The molecule has 3 rings (SSSR count). The van der Waals surface area contributed by atoms with Crippen LogP contribution >= 0.6 is 0 Å². The molecule has 0 spiro atoms. The number of hydrogen-bond acceptors (Lipinski definition) is 6. The van der Waals surface area contributed by atoms with Gasteiger partial charge in [0, 0.05) is 52.6 Å². The molecule has 9 heteroatoms. The second kappa shape index (κ2) is 8.48. The smallest absolute Gasteiger partial charge is 0.317 e. The number of likely N-dealkylation sites (tertiary alicyclic amines) is 1. The Morgan fingerprint density at radius 1 is 1.38 bits per heavy atom. The van der Waals surface area contributed by atoms with Crippen LogP contribution in [0.15, 0.2) is 4.52 Å². The van der Waals surface area contributed by atoms with Gasteiger partial charge in [-0.15, -0.1) is 0 Å². The molecule has 1 saturated carbocycles. The van der Waals surface area contributed by atoms with Crippen LogP contribution in [-0.4, -0.2) is 77.8 Å². The number of methoxy groups -OCH3 is 1. The van der Waals surface area contributed by atoms with Crippen LogP contribution in [0, 0.1) is 0 Å². The molecule has 9 nitrogen and oxygen atoms in total. The van der Waals surface area contributed by atoms with E-state index in [1.165, 1.54) is 0 Å². The van der Waals surface area contributed by atoms with Crippen LogP contribution in [0.5, 0.6) is 0 Å². The maximum absolute atomic E-state index is 12.1. The second-order valence-electron chi connectivity index (χ2n) is 6.90. The van der Waals surface area contributed by atoms with E-state index in [0.717, 1.165) is 19.3 Å². The van der Waals surface area contributed by atoms with E-state index < -0.39 is 0 Å². The summed E-state index contributed by atoms with van der Waals surface area (Å²) in [5.74, 6) is 1.79. The van der Waals surface area contributed by atoms with Crippen molar-refractivity contribution in [1.29, 1.82) is 0 Å². The summed E-state index contributed by atoms with van der Waals surface area (Å²) in [6.45, 7) is 4.24. The van der Waals surface area contributed by atoms with Crippen LogP contribution in [-0.2, 0) is 16.0 Å². The number of carbonyl (C=O) groups excluding carboxylic acids is 2. The second-order valence-corrected chi connectivity index (χ2v) is 6.90. The number of nitrogens with zero attached hydrogens (tertiary/aromatic N) is 4. The lowest BCUT2D eigenvalue weighted by molar-refractivity contribution is -0.130. The Bertz CT molecular complexity index is 630. The van der Waals surface area contributed by atoms with Gasteiger partial charge in [-0.2, -0.15) is 4.98 Å². The van der Waals surface area contributed by atoms with E-state index in [-0.39, 0.29) is 18.0 Å². The molecule has 0 radical (unpaired) electrons. The lowest BCUT2D eigenvalue weighted by atomic mass is 10.2. The first-order valence-corrected chi connectivity index (χ1v) is 9.20. The fraction of sp³-hybridized carbons (Fsp3) is 0.765. The highest BCUT2D eigenvalue weighted by atomic mass is 16.5. The first kappa shape index (κ1) is 18.6. The molecule has 0 bridgehead atoms. The molecular formula is C17H27N5O4. The Balaban J connectivity index is 1.49. The summed E-state index contributed by atoms with van der Waals surface area (Å²) in [5.41, 5.74) is 0. The predicted octanol–water partition coefficient (Wildman–Crippen LogP) is 0.768. The van der Waals surface area contributed by atoms with Gasteiger partial charge in [-0.1, -0.05) is 5.16 Å². The molecule has 2 fully saturated rings. The summed E-state index contributed by atoms with van der Waals surface area (Å²) in [4.78, 5) is 32.2. The van der Waals surface area contributed by atoms with Gasteiger partial charge in [-0.3, -0.25) is 4.79 Å². The molecule has 1 atom stereocenters. The van der Waals surface area contributed by atoms with Crippen LogP contribution in [0.3, 0.4) is 0 Å². The number of nitrogens with one attached hydrogen (secondary N) is 1. The maximum Gasteiger partial charge on any atom is 0.317 e. The number of hydrogen-bond donors (Lipinski definition) is 1. The van der Waals surface area contributed by atoms with Gasteiger partial charge < -0.3 is 24.4 Å². The zero-order valence-corrected chi connectivity index (χ0v) is 15.4. The molecule has 1 N–H and O–H groups in total. The fourth-order valence-electron chi connectivity index (χ4n) is 3.24. The van der Waals surface area contributed by atoms with E-state index in [9.17, 15) is 9.59 Å². The van der Waals surface area contributed by atoms with E-state index in [0.29, 0.717) is 56.8 Å². The fourth-order valence-corrected chi connectivity index (χ4v) is 3.24. The predicted molar refractivity (Wildman–Crippen MR) is 92.6 cm³/mol. The van der Waals surface area contributed by atoms with Crippen LogP contribution in [0.25, 0.3) is 0 Å². The molecule has 144 valence electrons. The lowest BCUT2D eigenvalue weighted by Gasteiger charge is -2.27. The van der Waals surface area contributed by atoms with E-state index in [1.807, 2.05) is 4.90 Å². The zero-order valence-electron chi connectivity index (χ0n) is 15.4. The van der Waals surface area contributed by atoms with Crippen molar-refractivity contribution in [3.63, 3.8) is 0 Å². The Labute approximate surface area is 153 Å². The molecule has 1 saturated heterocycles. The van der Waals surface area contributed by atoms with E-state index in [2.05, 4.69) is 15.5 Å². The minimum atomic E-state index is -0.111. The Morgan fingerprint density at radius 3 is 2.88 bits per heavy atom. The monoisotopic (exact) mass is 365 g/mol. The van der Waals surface area contributed by atoms with Crippen molar-refractivity contribution in [3.8, 4) is 0 Å². The molecule has 0 aromatic carbocycles. The standard InChI is InChI=1S/C17H27N5O4/c1-12(23)22(9-6-15-19-16(26-20-15)13-3-4-13)14-5-8-21(11-14)17(24)18-7-10-25-2/h13-14H,3-11H2,1-2H3,(H,18,24). The van der Waals surface area contributed by atoms with Gasteiger partial charge >= 0.3 is 6.03 Å². The van der Waals surface area contributed by atoms with Crippen LogP contribution < -0.4 is 5.32 Å². The van der Waals surface area contributed by atoms with Crippen molar-refractivity contribution >= 4 is 11.9 Å². The van der Waals surface area contributed by atoms with E-state index >= 15 is 0 Å². The summed E-state index contributed by atoms with van der Waals surface area (Å²) in [7, 11) is 1.60. The Morgan fingerprint density at radius 2 is 2.19 bits per heavy atom. The number of amides is 3. The topological polar surface area (TPSA) is 101 Å². The molecule has 1 aliphatic heterocycles. The molecule has 1 aromatic rings. The van der Waals surface area contributed by atoms with Gasteiger partial charge in [0.2, 0.25) is 11.8 Å². The number of urea groups is 1. The third-order valence-electron chi connectivity index (χ3n) is 4.86. The molecule has 1 unspecified atom stereocenters. The van der Waals surface area contributed by atoms with Gasteiger partial charge in [0.05, 0.1) is 12.6 Å². The highest BCUT2D eigenvalue weighted by Gasteiger charge is 2.32.